The molecule has 0 saturated carbocycles. The minimum absolute atomic E-state index is 0.0244. The predicted octanol–water partition coefficient (Wildman–Crippen LogP) is 1.70. The minimum atomic E-state index is -0.501. The number of nitroso groups, excluding NO2 is 1. The molecule has 31 heavy (non-hydrogen) atoms. The van der Waals surface area contributed by atoms with Crippen LogP contribution in [0.1, 0.15) is 12.0 Å². The Bertz CT molecular complexity index is 1180. The summed E-state index contributed by atoms with van der Waals surface area (Å²) in [6, 6.07) is 7.50. The van der Waals surface area contributed by atoms with E-state index in [1.165, 1.54) is 4.57 Å². The van der Waals surface area contributed by atoms with E-state index in [0.717, 1.165) is 10.1 Å². The van der Waals surface area contributed by atoms with Crippen molar-refractivity contribution in [2.75, 3.05) is 33.8 Å². The largest absolute Gasteiger partial charge is 0.463 e. The van der Waals surface area contributed by atoms with Gasteiger partial charge in [-0.15, -0.1) is 0 Å². The highest BCUT2D eigenvalue weighted by Gasteiger charge is 2.21. The first kappa shape index (κ1) is 22.7. The van der Waals surface area contributed by atoms with Gasteiger partial charge in [-0.3, -0.25) is 18.5 Å². The zero-order chi connectivity index (χ0) is 22.5. The molecule has 0 aliphatic rings. The molecule has 0 spiro atoms. The predicted molar refractivity (Wildman–Crippen MR) is 119 cm³/mol. The second-order valence-corrected chi connectivity index (χ2v) is 7.87. The maximum atomic E-state index is 13.3. The lowest BCUT2D eigenvalue weighted by atomic mass is 10.2. The SMILES string of the molecule is CN(C)CCOc1nc2c(c(=O)n(CCCN=O)c(=O)n2C)n1Cc1ccc(Cl)cc1. The monoisotopic (exact) mass is 448 g/mol. The zero-order valence-electron chi connectivity index (χ0n) is 17.7. The van der Waals surface area contributed by atoms with Gasteiger partial charge in [-0.25, -0.2) is 4.79 Å². The minimum Gasteiger partial charge on any atom is -0.463 e. The number of imidazole rings is 1. The summed E-state index contributed by atoms with van der Waals surface area (Å²) in [4.78, 5) is 42.8. The van der Waals surface area contributed by atoms with Gasteiger partial charge >= 0.3 is 5.69 Å². The lowest BCUT2D eigenvalue weighted by molar-refractivity contribution is 0.239. The summed E-state index contributed by atoms with van der Waals surface area (Å²) in [6.45, 7) is 1.46. The lowest BCUT2D eigenvalue weighted by Gasteiger charge is -2.13. The van der Waals surface area contributed by atoms with Gasteiger partial charge in [0, 0.05) is 25.2 Å². The van der Waals surface area contributed by atoms with Crippen LogP contribution in [0.25, 0.3) is 11.2 Å². The standard InChI is InChI=1S/C20H25ClN6O4/c1-24(2)11-12-31-19-23-17-16(27(19)13-14-5-7-15(21)8-6-14)18(28)26(10-4-9-22-30)20(29)25(17)3/h5-8H,4,9-13H2,1-3H3. The van der Waals surface area contributed by atoms with E-state index in [1.807, 2.05) is 31.1 Å². The Labute approximate surface area is 183 Å². The van der Waals surface area contributed by atoms with Gasteiger partial charge in [0.05, 0.1) is 13.1 Å². The number of nitrogens with zero attached hydrogens (tertiary/aromatic N) is 6. The van der Waals surface area contributed by atoms with E-state index in [2.05, 4.69) is 10.2 Å². The van der Waals surface area contributed by atoms with Gasteiger partial charge < -0.3 is 9.64 Å². The van der Waals surface area contributed by atoms with Crippen LogP contribution < -0.4 is 16.0 Å². The van der Waals surface area contributed by atoms with Crippen LogP contribution in [-0.2, 0) is 20.1 Å². The van der Waals surface area contributed by atoms with Crippen LogP contribution in [0.5, 0.6) is 6.01 Å². The summed E-state index contributed by atoms with van der Waals surface area (Å²) in [7, 11) is 5.41. The Morgan fingerprint density at radius 1 is 1.16 bits per heavy atom. The summed E-state index contributed by atoms with van der Waals surface area (Å²) in [6.07, 6.45) is 0.293. The highest BCUT2D eigenvalue weighted by molar-refractivity contribution is 6.30. The average Bonchev–Trinajstić information content (AvgIpc) is 3.09. The van der Waals surface area contributed by atoms with Crippen LogP contribution in [0.4, 0.5) is 0 Å². The lowest BCUT2D eigenvalue weighted by Crippen LogP contribution is -2.39. The number of fused-ring (bicyclic) bond motifs is 1. The molecule has 0 fully saturated rings. The Hall–Kier alpha value is -2.98. The number of hydrogen-bond acceptors (Lipinski definition) is 7. The fourth-order valence-corrected chi connectivity index (χ4v) is 3.32. The van der Waals surface area contributed by atoms with Crippen molar-refractivity contribution >= 4 is 22.8 Å². The molecule has 0 amide bonds. The summed E-state index contributed by atoms with van der Waals surface area (Å²) < 4.78 is 9.98. The normalized spacial score (nSPS) is 11.4. The van der Waals surface area contributed by atoms with Crippen molar-refractivity contribution in [2.24, 2.45) is 12.2 Å². The van der Waals surface area contributed by atoms with Crippen molar-refractivity contribution in [3.63, 3.8) is 0 Å². The van der Waals surface area contributed by atoms with Gasteiger partial charge in [-0.2, -0.15) is 9.89 Å². The molecule has 0 atom stereocenters. The van der Waals surface area contributed by atoms with Gasteiger partial charge in [0.1, 0.15) is 6.61 Å². The molecule has 0 radical (unpaired) electrons. The van der Waals surface area contributed by atoms with E-state index < -0.39 is 11.2 Å². The smallest absolute Gasteiger partial charge is 0.332 e. The molecule has 0 aliphatic heterocycles. The quantitative estimate of drug-likeness (QED) is 0.345. The number of aryl methyl sites for hydroxylation is 1. The Kier molecular flexibility index (Phi) is 7.24. The van der Waals surface area contributed by atoms with Gasteiger partial charge in [0.15, 0.2) is 11.2 Å². The van der Waals surface area contributed by atoms with Gasteiger partial charge in [-0.05, 0) is 38.2 Å². The van der Waals surface area contributed by atoms with Crippen LogP contribution in [0.3, 0.4) is 0 Å². The van der Waals surface area contributed by atoms with E-state index in [-0.39, 0.29) is 30.3 Å². The molecule has 166 valence electrons. The second-order valence-electron chi connectivity index (χ2n) is 7.44. The molecule has 2 aromatic heterocycles. The molecular weight excluding hydrogens is 424 g/mol. The molecule has 0 unspecified atom stereocenters. The van der Waals surface area contributed by atoms with Gasteiger partial charge in [-0.1, -0.05) is 28.9 Å². The highest BCUT2D eigenvalue weighted by atomic mass is 35.5. The maximum absolute atomic E-state index is 13.3. The van der Waals surface area contributed by atoms with Crippen LogP contribution in [0, 0.1) is 4.91 Å². The average molecular weight is 449 g/mol. The number of hydrogen-bond donors (Lipinski definition) is 0. The third kappa shape index (κ3) is 5.02. The van der Waals surface area contributed by atoms with Crippen molar-refractivity contribution in [1.82, 2.24) is 23.6 Å². The Balaban J connectivity index is 2.14. The Morgan fingerprint density at radius 3 is 2.52 bits per heavy atom. The molecule has 2 heterocycles. The van der Waals surface area contributed by atoms with Crippen molar-refractivity contribution in [3.8, 4) is 6.01 Å². The van der Waals surface area contributed by atoms with E-state index in [4.69, 9.17) is 16.3 Å². The molecule has 10 nitrogen and oxygen atoms in total. The number of aromatic nitrogens is 4. The van der Waals surface area contributed by atoms with E-state index in [0.29, 0.717) is 31.1 Å². The van der Waals surface area contributed by atoms with Gasteiger partial charge in [0.25, 0.3) is 11.6 Å². The summed E-state index contributed by atoms with van der Waals surface area (Å²) in [5.41, 5.74) is 0.419. The van der Waals surface area contributed by atoms with Crippen LogP contribution >= 0.6 is 11.6 Å². The number of halogens is 1. The van der Waals surface area contributed by atoms with Crippen molar-refractivity contribution in [3.05, 3.63) is 60.6 Å². The molecule has 3 aromatic rings. The molecule has 1 aromatic carbocycles. The topological polar surface area (TPSA) is 104 Å². The molecule has 3 rings (SSSR count). The van der Waals surface area contributed by atoms with Crippen molar-refractivity contribution in [1.29, 1.82) is 0 Å². The van der Waals surface area contributed by atoms with E-state index >= 15 is 0 Å². The second kappa shape index (κ2) is 9.88. The molecule has 11 heteroatoms. The Morgan fingerprint density at radius 2 is 1.87 bits per heavy atom. The summed E-state index contributed by atoms with van der Waals surface area (Å²) >= 11 is 5.99. The van der Waals surface area contributed by atoms with Crippen LogP contribution in [0.15, 0.2) is 39.0 Å². The first-order valence-corrected chi connectivity index (χ1v) is 10.2. The molecule has 0 aliphatic carbocycles. The molecular formula is C20H25ClN6O4. The van der Waals surface area contributed by atoms with Crippen molar-refractivity contribution in [2.45, 2.75) is 19.5 Å². The summed E-state index contributed by atoms with van der Waals surface area (Å²) in [5.74, 6) is 0. The summed E-state index contributed by atoms with van der Waals surface area (Å²) in [5, 5.41) is 3.41. The van der Waals surface area contributed by atoms with E-state index in [9.17, 15) is 14.5 Å². The third-order valence-electron chi connectivity index (χ3n) is 4.85. The first-order valence-electron chi connectivity index (χ1n) is 9.84. The molecule has 0 N–H and O–H groups in total. The van der Waals surface area contributed by atoms with Crippen LogP contribution in [-0.4, -0.2) is 57.4 Å². The maximum Gasteiger partial charge on any atom is 0.332 e. The van der Waals surface area contributed by atoms with Gasteiger partial charge in [0.2, 0.25) is 0 Å². The number of benzene rings is 1. The fraction of sp³-hybridized carbons (Fsp3) is 0.450. The van der Waals surface area contributed by atoms with E-state index in [1.54, 1.807) is 23.7 Å². The third-order valence-corrected chi connectivity index (χ3v) is 5.10. The number of ether oxygens (including phenoxy) is 1. The fourth-order valence-electron chi connectivity index (χ4n) is 3.19. The molecule has 0 bridgehead atoms. The number of likely N-dealkylation sites (N-methyl/N-ethyl adjacent to an activating group) is 1. The van der Waals surface area contributed by atoms with Crippen LogP contribution in [0.2, 0.25) is 5.02 Å². The van der Waals surface area contributed by atoms with Crippen molar-refractivity contribution < 1.29 is 4.74 Å². The zero-order valence-corrected chi connectivity index (χ0v) is 18.5. The molecule has 0 saturated heterocycles. The first-order chi connectivity index (χ1) is 14.8. The number of rotatable bonds is 10. The highest BCUT2D eigenvalue weighted by Crippen LogP contribution is 2.21.